The third-order valence-electron chi connectivity index (χ3n) is 2.82. The van der Waals surface area contributed by atoms with Crippen molar-refractivity contribution in [1.29, 1.82) is 0 Å². The smallest absolute Gasteiger partial charge is 0.180 e. The van der Waals surface area contributed by atoms with Crippen LogP contribution in [0.4, 0.5) is 5.69 Å². The maximum Gasteiger partial charge on any atom is 0.180 e. The molecule has 0 atom stereocenters. The van der Waals surface area contributed by atoms with Gasteiger partial charge >= 0.3 is 0 Å². The number of aromatic nitrogens is 4. The Morgan fingerprint density at radius 1 is 1.32 bits per heavy atom. The lowest BCUT2D eigenvalue weighted by atomic mass is 10.1. The second kappa shape index (κ2) is 4.93. The first-order chi connectivity index (χ1) is 9.34. The van der Waals surface area contributed by atoms with Gasteiger partial charge in [0.1, 0.15) is 12.1 Å². The van der Waals surface area contributed by atoms with E-state index in [2.05, 4.69) is 20.5 Å². The molecule has 0 radical (unpaired) electrons. The molecule has 0 aliphatic heterocycles. The van der Waals surface area contributed by atoms with Gasteiger partial charge in [0.05, 0.1) is 12.7 Å². The molecular formula is C13H13N5O. The number of nitrogens with one attached hydrogen (secondary N) is 1. The molecule has 0 aliphatic carbocycles. The lowest BCUT2D eigenvalue weighted by Crippen LogP contribution is -2.01. The van der Waals surface area contributed by atoms with Crippen LogP contribution in [0.5, 0.6) is 0 Å². The van der Waals surface area contributed by atoms with Gasteiger partial charge in [-0.05, 0) is 12.1 Å². The van der Waals surface area contributed by atoms with Crippen LogP contribution in [-0.2, 0) is 13.6 Å². The summed E-state index contributed by atoms with van der Waals surface area (Å²) in [4.78, 5) is 3.89. The van der Waals surface area contributed by atoms with E-state index in [1.54, 1.807) is 12.5 Å². The largest absolute Gasteiger partial charge is 0.447 e. The molecular weight excluding hydrogens is 242 g/mol. The third-order valence-corrected chi connectivity index (χ3v) is 2.82. The fourth-order valence-electron chi connectivity index (χ4n) is 1.87. The molecule has 1 aromatic carbocycles. The van der Waals surface area contributed by atoms with Crippen LogP contribution in [0.25, 0.3) is 11.4 Å². The highest BCUT2D eigenvalue weighted by atomic mass is 16.3. The number of oxazole rings is 1. The van der Waals surface area contributed by atoms with Gasteiger partial charge in [-0.15, -0.1) is 10.2 Å². The predicted molar refractivity (Wildman–Crippen MR) is 70.3 cm³/mol. The molecule has 2 aromatic heterocycles. The van der Waals surface area contributed by atoms with Gasteiger partial charge < -0.3 is 14.3 Å². The van der Waals surface area contributed by atoms with E-state index in [1.165, 1.54) is 6.39 Å². The van der Waals surface area contributed by atoms with Crippen LogP contribution in [0.1, 0.15) is 5.76 Å². The van der Waals surface area contributed by atoms with Gasteiger partial charge in [-0.25, -0.2) is 4.98 Å². The van der Waals surface area contributed by atoms with Crippen molar-refractivity contribution in [3.05, 3.63) is 48.9 Å². The Labute approximate surface area is 110 Å². The van der Waals surface area contributed by atoms with E-state index in [9.17, 15) is 0 Å². The monoisotopic (exact) mass is 255 g/mol. The number of aryl methyl sites for hydroxylation is 1. The molecule has 96 valence electrons. The number of hydrogen-bond acceptors (Lipinski definition) is 5. The summed E-state index contributed by atoms with van der Waals surface area (Å²) in [5.74, 6) is 1.61. The molecule has 0 spiro atoms. The topological polar surface area (TPSA) is 68.8 Å². The van der Waals surface area contributed by atoms with Crippen LogP contribution in [0.15, 0.2) is 47.6 Å². The van der Waals surface area contributed by atoms with Crippen molar-refractivity contribution in [3.63, 3.8) is 0 Å². The first-order valence-electron chi connectivity index (χ1n) is 5.89. The highest BCUT2D eigenvalue weighted by Gasteiger charge is 2.09. The molecule has 6 nitrogen and oxygen atoms in total. The zero-order valence-electron chi connectivity index (χ0n) is 10.4. The number of anilines is 1. The van der Waals surface area contributed by atoms with E-state index in [1.807, 2.05) is 35.9 Å². The van der Waals surface area contributed by atoms with Crippen molar-refractivity contribution < 1.29 is 4.42 Å². The number of benzene rings is 1. The summed E-state index contributed by atoms with van der Waals surface area (Å²) in [5, 5.41) is 11.4. The van der Waals surface area contributed by atoms with E-state index in [-0.39, 0.29) is 0 Å². The SMILES string of the molecule is Cn1cnnc1-c1ccccc1NCc1cnco1. The summed E-state index contributed by atoms with van der Waals surface area (Å²) in [7, 11) is 1.92. The normalized spacial score (nSPS) is 10.6. The second-order valence-corrected chi connectivity index (χ2v) is 4.13. The summed E-state index contributed by atoms with van der Waals surface area (Å²) >= 11 is 0. The molecule has 3 rings (SSSR count). The molecule has 0 unspecified atom stereocenters. The molecule has 0 fully saturated rings. The molecule has 0 saturated heterocycles. The van der Waals surface area contributed by atoms with Crippen LogP contribution in [0.2, 0.25) is 0 Å². The van der Waals surface area contributed by atoms with Gasteiger partial charge in [-0.2, -0.15) is 0 Å². The van der Waals surface area contributed by atoms with Crippen LogP contribution in [0.3, 0.4) is 0 Å². The minimum absolute atomic E-state index is 0.578. The summed E-state index contributed by atoms with van der Waals surface area (Å²) in [6.07, 6.45) is 4.80. The molecule has 3 aromatic rings. The van der Waals surface area contributed by atoms with Crippen molar-refractivity contribution in [2.75, 3.05) is 5.32 Å². The molecule has 0 bridgehead atoms. The fourth-order valence-corrected chi connectivity index (χ4v) is 1.87. The highest BCUT2D eigenvalue weighted by molar-refractivity contribution is 5.73. The average Bonchev–Trinajstić information content (AvgIpc) is 3.08. The average molecular weight is 255 g/mol. The maximum atomic E-state index is 5.20. The Hall–Kier alpha value is -2.63. The van der Waals surface area contributed by atoms with Crippen molar-refractivity contribution in [2.45, 2.75) is 6.54 Å². The van der Waals surface area contributed by atoms with Gasteiger partial charge in [0.15, 0.2) is 12.2 Å². The molecule has 0 aliphatic rings. The van der Waals surface area contributed by atoms with Crippen molar-refractivity contribution >= 4 is 5.69 Å². The first-order valence-corrected chi connectivity index (χ1v) is 5.89. The Kier molecular flexibility index (Phi) is 2.97. The first kappa shape index (κ1) is 11.5. The Balaban J connectivity index is 1.88. The number of rotatable bonds is 4. The molecule has 6 heteroatoms. The number of hydrogen-bond donors (Lipinski definition) is 1. The van der Waals surface area contributed by atoms with E-state index in [4.69, 9.17) is 4.42 Å². The van der Waals surface area contributed by atoms with E-state index < -0.39 is 0 Å². The van der Waals surface area contributed by atoms with Crippen LogP contribution >= 0.6 is 0 Å². The molecule has 1 N–H and O–H groups in total. The Morgan fingerprint density at radius 3 is 2.95 bits per heavy atom. The second-order valence-electron chi connectivity index (χ2n) is 4.13. The minimum Gasteiger partial charge on any atom is -0.447 e. The number of nitrogens with zero attached hydrogens (tertiary/aromatic N) is 4. The Morgan fingerprint density at radius 2 is 2.21 bits per heavy atom. The standard InChI is InChI=1S/C13H13N5O/c1-18-8-16-17-13(18)11-4-2-3-5-12(11)15-7-10-6-14-9-19-10/h2-6,8-9,15H,7H2,1H3. The van der Waals surface area contributed by atoms with E-state index >= 15 is 0 Å². The quantitative estimate of drug-likeness (QED) is 0.773. The molecule has 19 heavy (non-hydrogen) atoms. The van der Waals surface area contributed by atoms with Crippen LogP contribution in [-0.4, -0.2) is 19.7 Å². The molecule has 0 amide bonds. The fraction of sp³-hybridized carbons (Fsp3) is 0.154. The molecule has 2 heterocycles. The zero-order valence-corrected chi connectivity index (χ0v) is 10.4. The zero-order chi connectivity index (χ0) is 13.1. The van der Waals surface area contributed by atoms with Gasteiger partial charge in [-0.3, -0.25) is 0 Å². The van der Waals surface area contributed by atoms with Crippen LogP contribution in [0, 0.1) is 0 Å². The summed E-state index contributed by atoms with van der Waals surface area (Å²) < 4.78 is 7.09. The third kappa shape index (κ3) is 2.33. The van der Waals surface area contributed by atoms with Gasteiger partial charge in [0, 0.05) is 18.3 Å². The highest BCUT2D eigenvalue weighted by Crippen LogP contribution is 2.25. The maximum absolute atomic E-state index is 5.20. The lowest BCUT2D eigenvalue weighted by molar-refractivity contribution is 0.512. The minimum atomic E-state index is 0.578. The summed E-state index contributed by atoms with van der Waals surface area (Å²) in [6, 6.07) is 7.96. The number of para-hydroxylation sites is 1. The summed E-state index contributed by atoms with van der Waals surface area (Å²) in [6.45, 7) is 0.578. The van der Waals surface area contributed by atoms with Crippen molar-refractivity contribution in [3.8, 4) is 11.4 Å². The van der Waals surface area contributed by atoms with Gasteiger partial charge in [0.25, 0.3) is 0 Å². The van der Waals surface area contributed by atoms with E-state index in [0.29, 0.717) is 6.54 Å². The van der Waals surface area contributed by atoms with Gasteiger partial charge in [0.2, 0.25) is 0 Å². The van der Waals surface area contributed by atoms with Crippen molar-refractivity contribution in [2.24, 2.45) is 7.05 Å². The lowest BCUT2D eigenvalue weighted by Gasteiger charge is -2.10. The Bertz CT molecular complexity index is 659. The van der Waals surface area contributed by atoms with Crippen molar-refractivity contribution in [1.82, 2.24) is 19.7 Å². The van der Waals surface area contributed by atoms with Gasteiger partial charge in [-0.1, -0.05) is 12.1 Å². The van der Waals surface area contributed by atoms with E-state index in [0.717, 1.165) is 22.8 Å². The predicted octanol–water partition coefficient (Wildman–Crippen LogP) is 2.08. The summed E-state index contributed by atoms with van der Waals surface area (Å²) in [5.41, 5.74) is 1.98. The van der Waals surface area contributed by atoms with Crippen LogP contribution < -0.4 is 5.32 Å². The molecule has 0 saturated carbocycles.